The predicted molar refractivity (Wildman–Crippen MR) is 139 cm³/mol. The topological polar surface area (TPSA) is 88.9 Å². The van der Waals surface area contributed by atoms with Crippen molar-refractivity contribution in [2.75, 3.05) is 24.5 Å². The van der Waals surface area contributed by atoms with Gasteiger partial charge in [-0.3, -0.25) is 9.69 Å². The summed E-state index contributed by atoms with van der Waals surface area (Å²) in [5.41, 5.74) is 2.88. The van der Waals surface area contributed by atoms with E-state index in [9.17, 15) is 24.1 Å². The fourth-order valence-electron chi connectivity index (χ4n) is 5.29. The molecule has 1 saturated heterocycles. The minimum atomic E-state index is -0.424. The molecule has 1 fully saturated rings. The Morgan fingerprint density at radius 3 is 2.05 bits per heavy atom. The molecule has 190 valence electrons. The summed E-state index contributed by atoms with van der Waals surface area (Å²) in [6, 6.07) is 19.6. The van der Waals surface area contributed by atoms with Gasteiger partial charge in [-0.1, -0.05) is 24.3 Å². The minimum Gasteiger partial charge on any atom is -0.366 e. The van der Waals surface area contributed by atoms with Gasteiger partial charge in [0.25, 0.3) is 5.56 Å². The van der Waals surface area contributed by atoms with Crippen molar-refractivity contribution in [2.24, 2.45) is 7.05 Å². The smallest absolute Gasteiger partial charge is 0.270 e. The van der Waals surface area contributed by atoms with E-state index in [1.54, 1.807) is 43.4 Å². The first-order valence-corrected chi connectivity index (χ1v) is 12.2. The molecule has 4 aromatic rings. The Bertz CT molecular complexity index is 1610. The van der Waals surface area contributed by atoms with E-state index in [0.29, 0.717) is 36.4 Å². The third-order valence-corrected chi connectivity index (χ3v) is 7.14. The zero-order valence-corrected chi connectivity index (χ0v) is 20.9. The fraction of sp³-hybridized carbons (Fsp3) is 0.241. The van der Waals surface area contributed by atoms with Crippen molar-refractivity contribution >= 4 is 16.7 Å². The van der Waals surface area contributed by atoms with Gasteiger partial charge < -0.3 is 9.47 Å². The Balaban J connectivity index is 1.56. The second-order valence-electron chi connectivity index (χ2n) is 9.41. The molecular formula is C29H24F2N6O. The SMILES string of the molecule is C[C@@H]1CN(c2c(C#N)c(=O)n(C)c3ccc(C#N)nc23)CCN1C(c1ccc(F)cc1)c1ccc(F)cc1. The van der Waals surface area contributed by atoms with Crippen molar-refractivity contribution in [1.82, 2.24) is 14.5 Å². The molecule has 0 N–H and O–H groups in total. The highest BCUT2D eigenvalue weighted by atomic mass is 19.1. The standard InChI is InChI=1S/C29H24F2N6O/c1-18-17-36(28-24(16-33)29(38)35(2)25-12-11-23(15-32)34-26(25)28)13-14-37(18)27(19-3-7-21(30)8-4-19)20-5-9-22(31)10-6-20/h3-12,18,27H,13-14,17H2,1-2H3/t18-/m1/s1. The first-order valence-electron chi connectivity index (χ1n) is 12.2. The van der Waals surface area contributed by atoms with Crippen molar-refractivity contribution < 1.29 is 8.78 Å². The first kappa shape index (κ1) is 25.1. The summed E-state index contributed by atoms with van der Waals surface area (Å²) in [5.74, 6) is -0.675. The molecule has 0 bridgehead atoms. The predicted octanol–water partition coefficient (Wildman–Crippen LogP) is 4.26. The molecule has 0 spiro atoms. The van der Waals surface area contributed by atoms with Crippen molar-refractivity contribution in [3.63, 3.8) is 0 Å². The van der Waals surface area contributed by atoms with Crippen LogP contribution in [-0.2, 0) is 7.05 Å². The molecule has 0 amide bonds. The highest BCUT2D eigenvalue weighted by molar-refractivity contribution is 5.92. The lowest BCUT2D eigenvalue weighted by Gasteiger charge is -2.45. The highest BCUT2D eigenvalue weighted by Gasteiger charge is 2.34. The molecule has 9 heteroatoms. The van der Waals surface area contributed by atoms with E-state index < -0.39 is 5.56 Å². The minimum absolute atomic E-state index is 0.0168. The molecule has 2 aromatic heterocycles. The summed E-state index contributed by atoms with van der Waals surface area (Å²) < 4.78 is 28.8. The van der Waals surface area contributed by atoms with Gasteiger partial charge in [-0.05, 0) is 54.4 Å². The van der Waals surface area contributed by atoms with Crippen LogP contribution >= 0.6 is 0 Å². The molecule has 38 heavy (non-hydrogen) atoms. The third kappa shape index (κ3) is 4.38. The number of hydrogen-bond acceptors (Lipinski definition) is 6. The average molecular weight is 511 g/mol. The number of halogens is 2. The number of fused-ring (bicyclic) bond motifs is 1. The van der Waals surface area contributed by atoms with Crippen LogP contribution in [0.4, 0.5) is 14.5 Å². The highest BCUT2D eigenvalue weighted by Crippen LogP contribution is 2.35. The van der Waals surface area contributed by atoms with Gasteiger partial charge in [0.2, 0.25) is 0 Å². The zero-order valence-electron chi connectivity index (χ0n) is 20.9. The van der Waals surface area contributed by atoms with E-state index in [1.807, 2.05) is 17.9 Å². The summed E-state index contributed by atoms with van der Waals surface area (Å²) in [7, 11) is 1.58. The molecule has 0 saturated carbocycles. The lowest BCUT2D eigenvalue weighted by Crippen LogP contribution is -2.53. The van der Waals surface area contributed by atoms with Crippen molar-refractivity contribution in [1.29, 1.82) is 10.5 Å². The number of aryl methyl sites for hydroxylation is 1. The quantitative estimate of drug-likeness (QED) is 0.408. The Morgan fingerprint density at radius 1 is 0.921 bits per heavy atom. The van der Waals surface area contributed by atoms with Crippen molar-refractivity contribution in [2.45, 2.75) is 19.0 Å². The third-order valence-electron chi connectivity index (χ3n) is 7.14. The van der Waals surface area contributed by atoms with E-state index >= 15 is 0 Å². The second kappa shape index (κ2) is 10.0. The van der Waals surface area contributed by atoms with Crippen molar-refractivity contribution in [3.8, 4) is 12.1 Å². The molecule has 0 aliphatic carbocycles. The lowest BCUT2D eigenvalue weighted by atomic mass is 9.94. The number of pyridine rings is 2. The van der Waals surface area contributed by atoms with Crippen LogP contribution in [0, 0.1) is 34.3 Å². The number of nitriles is 2. The Hall–Kier alpha value is -4.60. The van der Waals surface area contributed by atoms with Crippen LogP contribution in [0.25, 0.3) is 11.0 Å². The molecule has 1 aliphatic heterocycles. The van der Waals surface area contributed by atoms with Crippen LogP contribution < -0.4 is 10.5 Å². The van der Waals surface area contributed by atoms with Gasteiger partial charge in [0.05, 0.1) is 17.2 Å². The van der Waals surface area contributed by atoms with E-state index in [2.05, 4.69) is 16.0 Å². The van der Waals surface area contributed by atoms with Gasteiger partial charge in [0.1, 0.15) is 40.5 Å². The van der Waals surface area contributed by atoms with Gasteiger partial charge in [0.15, 0.2) is 0 Å². The maximum Gasteiger partial charge on any atom is 0.270 e. The maximum absolute atomic E-state index is 13.7. The summed E-state index contributed by atoms with van der Waals surface area (Å²) in [6.45, 7) is 3.52. The number of anilines is 1. The Labute approximate surface area is 218 Å². The number of rotatable bonds is 4. The largest absolute Gasteiger partial charge is 0.366 e. The fourth-order valence-corrected chi connectivity index (χ4v) is 5.29. The van der Waals surface area contributed by atoms with E-state index in [1.165, 1.54) is 28.8 Å². The molecular weight excluding hydrogens is 486 g/mol. The summed E-state index contributed by atoms with van der Waals surface area (Å²) in [5, 5.41) is 19.4. The molecule has 2 aromatic carbocycles. The molecule has 3 heterocycles. The number of aromatic nitrogens is 2. The lowest BCUT2D eigenvalue weighted by molar-refractivity contribution is 0.150. The first-order chi connectivity index (χ1) is 18.3. The van der Waals surface area contributed by atoms with Gasteiger partial charge in [-0.25, -0.2) is 13.8 Å². The van der Waals surface area contributed by atoms with Crippen LogP contribution in [-0.4, -0.2) is 40.1 Å². The van der Waals surface area contributed by atoms with Gasteiger partial charge >= 0.3 is 0 Å². The molecule has 1 aliphatic rings. The van der Waals surface area contributed by atoms with Crippen LogP contribution in [0.1, 0.15) is 35.3 Å². The normalized spacial score (nSPS) is 16.0. The van der Waals surface area contributed by atoms with Crippen LogP contribution in [0.5, 0.6) is 0 Å². The molecule has 0 unspecified atom stereocenters. The molecule has 7 nitrogen and oxygen atoms in total. The maximum atomic E-state index is 13.7. The average Bonchev–Trinajstić information content (AvgIpc) is 2.93. The zero-order chi connectivity index (χ0) is 27.0. The van der Waals surface area contributed by atoms with E-state index in [4.69, 9.17) is 0 Å². The summed E-state index contributed by atoms with van der Waals surface area (Å²) >= 11 is 0. The van der Waals surface area contributed by atoms with Gasteiger partial charge in [-0.2, -0.15) is 10.5 Å². The van der Waals surface area contributed by atoms with Crippen LogP contribution in [0.2, 0.25) is 0 Å². The van der Waals surface area contributed by atoms with E-state index in [-0.39, 0.29) is 35.0 Å². The summed E-state index contributed by atoms with van der Waals surface area (Å²) in [6.07, 6.45) is 0. The van der Waals surface area contributed by atoms with Crippen LogP contribution in [0.15, 0.2) is 65.5 Å². The molecule has 0 radical (unpaired) electrons. The number of hydrogen-bond donors (Lipinski definition) is 0. The van der Waals surface area contributed by atoms with Crippen LogP contribution in [0.3, 0.4) is 0 Å². The number of piperazine rings is 1. The van der Waals surface area contributed by atoms with Gasteiger partial charge in [0, 0.05) is 32.7 Å². The Kier molecular flexibility index (Phi) is 6.62. The molecule has 1 atom stereocenters. The summed E-state index contributed by atoms with van der Waals surface area (Å²) in [4.78, 5) is 21.8. The van der Waals surface area contributed by atoms with Crippen molar-refractivity contribution in [3.05, 3.63) is 105 Å². The molecule has 5 rings (SSSR count). The Morgan fingerprint density at radius 2 is 1.53 bits per heavy atom. The monoisotopic (exact) mass is 510 g/mol. The second-order valence-corrected chi connectivity index (χ2v) is 9.41. The number of benzene rings is 2. The van der Waals surface area contributed by atoms with E-state index in [0.717, 1.165) is 11.1 Å². The number of nitrogens with zero attached hydrogens (tertiary/aromatic N) is 6. The van der Waals surface area contributed by atoms with Gasteiger partial charge in [-0.15, -0.1) is 0 Å².